The van der Waals surface area contributed by atoms with Gasteiger partial charge in [0.2, 0.25) is 0 Å². The van der Waals surface area contributed by atoms with Crippen molar-refractivity contribution in [3.05, 3.63) is 29.3 Å². The third kappa shape index (κ3) is 3.47. The van der Waals surface area contributed by atoms with Gasteiger partial charge in [0, 0.05) is 5.56 Å². The molecule has 3 nitrogen and oxygen atoms in total. The zero-order valence-corrected chi connectivity index (χ0v) is 11.7. The van der Waals surface area contributed by atoms with Crippen LogP contribution in [0.5, 0.6) is 5.75 Å². The molecule has 0 aromatic heterocycles. The van der Waals surface area contributed by atoms with E-state index in [1.165, 1.54) is 5.56 Å². The third-order valence-electron chi connectivity index (χ3n) is 3.49. The van der Waals surface area contributed by atoms with E-state index in [1.807, 2.05) is 12.1 Å². The minimum Gasteiger partial charge on any atom is -0.496 e. The molecule has 3 unspecified atom stereocenters. The Morgan fingerprint density at radius 1 is 1.28 bits per heavy atom. The van der Waals surface area contributed by atoms with Crippen LogP contribution in [0.2, 0.25) is 0 Å². The van der Waals surface area contributed by atoms with Crippen molar-refractivity contribution < 1.29 is 14.9 Å². The summed E-state index contributed by atoms with van der Waals surface area (Å²) >= 11 is 0. The number of ether oxygens (including phenoxy) is 1. The van der Waals surface area contributed by atoms with Crippen molar-refractivity contribution in [1.82, 2.24) is 0 Å². The molecule has 0 aliphatic heterocycles. The minimum atomic E-state index is -0.700. The van der Waals surface area contributed by atoms with Crippen molar-refractivity contribution in [1.29, 1.82) is 0 Å². The number of hydrogen-bond donors (Lipinski definition) is 2. The van der Waals surface area contributed by atoms with Gasteiger partial charge in [-0.25, -0.2) is 0 Å². The molecule has 0 amide bonds. The molecule has 1 aromatic rings. The first-order valence-electron chi connectivity index (χ1n) is 6.50. The van der Waals surface area contributed by atoms with Gasteiger partial charge >= 0.3 is 0 Å². The van der Waals surface area contributed by atoms with Crippen LogP contribution in [0, 0.1) is 6.92 Å². The third-order valence-corrected chi connectivity index (χ3v) is 3.49. The summed E-state index contributed by atoms with van der Waals surface area (Å²) in [5.41, 5.74) is 2.31. The topological polar surface area (TPSA) is 49.7 Å². The summed E-state index contributed by atoms with van der Waals surface area (Å²) in [6.07, 6.45) is 0.0636. The van der Waals surface area contributed by atoms with Gasteiger partial charge in [0.05, 0.1) is 19.3 Å². The van der Waals surface area contributed by atoms with E-state index in [9.17, 15) is 10.2 Å². The summed E-state index contributed by atoms with van der Waals surface area (Å²) < 4.78 is 5.41. The highest BCUT2D eigenvalue weighted by Crippen LogP contribution is 2.35. The fourth-order valence-electron chi connectivity index (χ4n) is 2.33. The second kappa shape index (κ2) is 6.76. The van der Waals surface area contributed by atoms with Crippen LogP contribution in [0.3, 0.4) is 0 Å². The Hall–Kier alpha value is -1.06. The van der Waals surface area contributed by atoms with Crippen molar-refractivity contribution >= 4 is 0 Å². The molecule has 0 aliphatic carbocycles. The molecule has 102 valence electrons. The predicted molar refractivity (Wildman–Crippen MR) is 73.1 cm³/mol. The highest BCUT2D eigenvalue weighted by Gasteiger charge is 2.22. The van der Waals surface area contributed by atoms with Gasteiger partial charge in [0.15, 0.2) is 0 Å². The Morgan fingerprint density at radius 3 is 2.44 bits per heavy atom. The van der Waals surface area contributed by atoms with Gasteiger partial charge in [-0.3, -0.25) is 0 Å². The number of benzene rings is 1. The first-order chi connectivity index (χ1) is 8.51. The maximum absolute atomic E-state index is 9.85. The molecular weight excluding hydrogens is 228 g/mol. The van der Waals surface area contributed by atoms with Crippen LogP contribution in [-0.2, 0) is 0 Å². The van der Waals surface area contributed by atoms with Crippen LogP contribution >= 0.6 is 0 Å². The summed E-state index contributed by atoms with van der Waals surface area (Å²) in [7, 11) is 1.66. The summed E-state index contributed by atoms with van der Waals surface area (Å²) in [6.45, 7) is 5.76. The first kappa shape index (κ1) is 15.0. The van der Waals surface area contributed by atoms with Crippen molar-refractivity contribution in [3.63, 3.8) is 0 Å². The maximum atomic E-state index is 9.85. The van der Waals surface area contributed by atoms with Crippen molar-refractivity contribution in [2.45, 2.75) is 51.7 Å². The Labute approximate surface area is 109 Å². The van der Waals surface area contributed by atoms with E-state index in [4.69, 9.17) is 4.74 Å². The zero-order valence-electron chi connectivity index (χ0n) is 11.7. The summed E-state index contributed by atoms with van der Waals surface area (Å²) in [4.78, 5) is 0. The molecule has 18 heavy (non-hydrogen) atoms. The first-order valence-corrected chi connectivity index (χ1v) is 6.50. The molecular formula is C15H24O3. The SMILES string of the molecule is CCC(CC(O)C(C)O)c1c(C)cccc1OC. The van der Waals surface area contributed by atoms with E-state index in [0.29, 0.717) is 6.42 Å². The normalized spacial score (nSPS) is 16.1. The lowest BCUT2D eigenvalue weighted by Gasteiger charge is -2.24. The van der Waals surface area contributed by atoms with Gasteiger partial charge in [-0.1, -0.05) is 19.1 Å². The highest BCUT2D eigenvalue weighted by atomic mass is 16.5. The summed E-state index contributed by atoms with van der Waals surface area (Å²) in [5, 5.41) is 19.3. The molecule has 3 heteroatoms. The molecule has 0 aliphatic rings. The van der Waals surface area contributed by atoms with Gasteiger partial charge in [0.1, 0.15) is 5.75 Å². The molecule has 0 bridgehead atoms. The van der Waals surface area contributed by atoms with Gasteiger partial charge < -0.3 is 14.9 Å². The Balaban J connectivity index is 3.01. The lowest BCUT2D eigenvalue weighted by molar-refractivity contribution is 0.0213. The summed E-state index contributed by atoms with van der Waals surface area (Å²) in [6, 6.07) is 5.96. The van der Waals surface area contributed by atoms with Crippen LogP contribution in [0.15, 0.2) is 18.2 Å². The quantitative estimate of drug-likeness (QED) is 0.818. The lowest BCUT2D eigenvalue weighted by Crippen LogP contribution is -2.25. The van der Waals surface area contributed by atoms with Crippen LogP contribution < -0.4 is 4.74 Å². The van der Waals surface area contributed by atoms with Crippen molar-refractivity contribution in [3.8, 4) is 5.75 Å². The molecule has 0 spiro atoms. The minimum absolute atomic E-state index is 0.200. The van der Waals surface area contributed by atoms with E-state index in [-0.39, 0.29) is 5.92 Å². The average molecular weight is 252 g/mol. The smallest absolute Gasteiger partial charge is 0.122 e. The van der Waals surface area contributed by atoms with E-state index >= 15 is 0 Å². The number of aliphatic hydroxyl groups is 2. The van der Waals surface area contributed by atoms with Crippen molar-refractivity contribution in [2.24, 2.45) is 0 Å². The number of methoxy groups -OCH3 is 1. The van der Waals surface area contributed by atoms with Crippen molar-refractivity contribution in [2.75, 3.05) is 7.11 Å². The van der Waals surface area contributed by atoms with E-state index in [0.717, 1.165) is 17.7 Å². The molecule has 1 aromatic carbocycles. The summed E-state index contributed by atoms with van der Waals surface area (Å²) in [5.74, 6) is 1.06. The standard InChI is InChI=1S/C15H24O3/c1-5-12(9-13(17)11(3)16)15-10(2)7-6-8-14(15)18-4/h6-8,11-13,16-17H,5,9H2,1-4H3. The van der Waals surface area contributed by atoms with Crippen LogP contribution in [-0.4, -0.2) is 29.5 Å². The predicted octanol–water partition coefficient (Wildman–Crippen LogP) is 2.63. The largest absolute Gasteiger partial charge is 0.496 e. The Kier molecular flexibility index (Phi) is 5.63. The Bertz CT molecular complexity index is 374. The average Bonchev–Trinajstić information content (AvgIpc) is 2.35. The molecule has 0 radical (unpaired) electrons. The van der Waals surface area contributed by atoms with Gasteiger partial charge in [-0.2, -0.15) is 0 Å². The molecule has 0 heterocycles. The number of rotatable bonds is 6. The zero-order chi connectivity index (χ0) is 13.7. The molecule has 3 atom stereocenters. The number of hydrogen-bond acceptors (Lipinski definition) is 3. The van der Waals surface area contributed by atoms with Crippen LogP contribution in [0.1, 0.15) is 43.7 Å². The second-order valence-corrected chi connectivity index (χ2v) is 4.84. The van der Waals surface area contributed by atoms with E-state index in [2.05, 4.69) is 19.9 Å². The second-order valence-electron chi connectivity index (χ2n) is 4.84. The van der Waals surface area contributed by atoms with Crippen LogP contribution in [0.25, 0.3) is 0 Å². The monoisotopic (exact) mass is 252 g/mol. The molecule has 0 fully saturated rings. The Morgan fingerprint density at radius 2 is 1.94 bits per heavy atom. The van der Waals surface area contributed by atoms with Gasteiger partial charge in [-0.05, 0) is 44.2 Å². The molecule has 0 saturated heterocycles. The fourth-order valence-corrected chi connectivity index (χ4v) is 2.33. The molecule has 1 rings (SSSR count). The van der Waals surface area contributed by atoms with Crippen LogP contribution in [0.4, 0.5) is 0 Å². The number of aliphatic hydroxyl groups excluding tert-OH is 2. The highest BCUT2D eigenvalue weighted by molar-refractivity contribution is 5.42. The maximum Gasteiger partial charge on any atom is 0.122 e. The lowest BCUT2D eigenvalue weighted by atomic mass is 9.86. The van der Waals surface area contributed by atoms with E-state index in [1.54, 1.807) is 14.0 Å². The van der Waals surface area contributed by atoms with Gasteiger partial charge in [0.25, 0.3) is 0 Å². The number of aryl methyl sites for hydroxylation is 1. The molecule has 0 saturated carbocycles. The molecule has 2 N–H and O–H groups in total. The van der Waals surface area contributed by atoms with Gasteiger partial charge in [-0.15, -0.1) is 0 Å². The fraction of sp³-hybridized carbons (Fsp3) is 0.600. The van der Waals surface area contributed by atoms with E-state index < -0.39 is 12.2 Å².